The van der Waals surface area contributed by atoms with Crippen LogP contribution in [0.5, 0.6) is 5.88 Å². The monoisotopic (exact) mass is 369 g/mol. The molecule has 1 aromatic heterocycles. The van der Waals surface area contributed by atoms with Gasteiger partial charge in [-0.15, -0.1) is 0 Å². The lowest BCUT2D eigenvalue weighted by atomic mass is 9.71. The number of carbonyl (C=O) groups is 1. The number of ether oxygens (including phenoxy) is 1. The largest absolute Gasteiger partial charge is 0.471 e. The van der Waals surface area contributed by atoms with E-state index in [0.29, 0.717) is 23.3 Å². The van der Waals surface area contributed by atoms with E-state index in [1.54, 1.807) is 0 Å². The number of amides is 1. The highest BCUT2D eigenvalue weighted by molar-refractivity contribution is 6.09. The number of piperidine rings is 1. The van der Waals surface area contributed by atoms with E-state index in [4.69, 9.17) is 10.5 Å². The fourth-order valence-electron chi connectivity index (χ4n) is 5.14. The number of nitrogens with zero attached hydrogens (tertiary/aromatic N) is 1. The van der Waals surface area contributed by atoms with Gasteiger partial charge in [0.2, 0.25) is 5.88 Å². The van der Waals surface area contributed by atoms with Crippen molar-refractivity contribution in [3.05, 3.63) is 29.8 Å². The highest BCUT2D eigenvalue weighted by atomic mass is 16.5. The van der Waals surface area contributed by atoms with E-state index in [-0.39, 0.29) is 5.60 Å². The van der Waals surface area contributed by atoms with Crippen LogP contribution in [0.4, 0.5) is 0 Å². The topological polar surface area (TPSA) is 69.3 Å². The summed E-state index contributed by atoms with van der Waals surface area (Å²) in [5, 5.41) is 4.37. The van der Waals surface area contributed by atoms with Crippen molar-refractivity contribution >= 4 is 16.8 Å². The first-order valence-corrected chi connectivity index (χ1v) is 10.4. The molecule has 146 valence electrons. The van der Waals surface area contributed by atoms with Gasteiger partial charge in [0.25, 0.3) is 5.91 Å². The van der Waals surface area contributed by atoms with Gasteiger partial charge in [-0.25, -0.2) is 0 Å². The third kappa shape index (κ3) is 3.02. The Morgan fingerprint density at radius 3 is 2.78 bits per heavy atom. The third-order valence-electron chi connectivity index (χ3n) is 6.76. The van der Waals surface area contributed by atoms with Gasteiger partial charge in [0.15, 0.2) is 0 Å². The minimum Gasteiger partial charge on any atom is -0.471 e. The molecule has 2 aliphatic heterocycles. The molecule has 2 aliphatic rings. The predicted octanol–water partition coefficient (Wildman–Crippen LogP) is 3.70. The molecular formula is C22H31N3O2. The van der Waals surface area contributed by atoms with Crippen LogP contribution >= 0.6 is 0 Å². The lowest BCUT2D eigenvalue weighted by molar-refractivity contribution is -0.0741. The molecule has 3 N–H and O–H groups in total. The average molecular weight is 370 g/mol. The number of nitrogens with one attached hydrogen (secondary N) is 1. The molecule has 5 heteroatoms. The zero-order valence-electron chi connectivity index (χ0n) is 16.5. The van der Waals surface area contributed by atoms with Gasteiger partial charge in [0.1, 0.15) is 11.2 Å². The van der Waals surface area contributed by atoms with E-state index < -0.39 is 5.91 Å². The van der Waals surface area contributed by atoms with Crippen molar-refractivity contribution in [2.45, 2.75) is 58.1 Å². The predicted molar refractivity (Wildman–Crippen MR) is 108 cm³/mol. The quantitative estimate of drug-likeness (QED) is 0.844. The Balaban J connectivity index is 1.83. The van der Waals surface area contributed by atoms with E-state index in [2.05, 4.69) is 29.8 Å². The number of benzene rings is 1. The summed E-state index contributed by atoms with van der Waals surface area (Å²) >= 11 is 0. The van der Waals surface area contributed by atoms with Gasteiger partial charge in [-0.1, -0.05) is 38.0 Å². The minimum absolute atomic E-state index is 0.258. The number of unbranched alkanes of at least 4 members (excludes halogenated alkanes) is 1. The standard InChI is InChI=1S/C22H31N3O2/c1-3-4-7-16-14-25-18-9-6-5-8-17(18)19(20(23)26)21(25)27-22(16,2)15-10-12-24-13-11-15/h5-6,8-9,15-16,24H,3-4,7,10-14H2,1-2H3,(H2,23,26). The van der Waals surface area contributed by atoms with Crippen molar-refractivity contribution in [1.29, 1.82) is 0 Å². The maximum atomic E-state index is 12.3. The molecule has 5 nitrogen and oxygen atoms in total. The first-order chi connectivity index (χ1) is 13.1. The molecule has 27 heavy (non-hydrogen) atoms. The second kappa shape index (κ2) is 7.19. The molecule has 4 rings (SSSR count). The Bertz CT molecular complexity index is 837. The number of aromatic nitrogens is 1. The number of rotatable bonds is 5. The molecule has 0 bridgehead atoms. The molecule has 0 aliphatic carbocycles. The van der Waals surface area contributed by atoms with Crippen molar-refractivity contribution in [2.24, 2.45) is 17.6 Å². The number of carbonyl (C=O) groups excluding carboxylic acids is 1. The zero-order chi connectivity index (χ0) is 19.0. The third-order valence-corrected chi connectivity index (χ3v) is 6.76. The molecule has 1 aromatic carbocycles. The summed E-state index contributed by atoms with van der Waals surface area (Å²) in [6.45, 7) is 7.48. The van der Waals surface area contributed by atoms with Gasteiger partial charge >= 0.3 is 0 Å². The summed E-state index contributed by atoms with van der Waals surface area (Å²) in [4.78, 5) is 12.3. The Hall–Kier alpha value is -2.01. The van der Waals surface area contributed by atoms with Crippen molar-refractivity contribution in [3.63, 3.8) is 0 Å². The van der Waals surface area contributed by atoms with Gasteiger partial charge < -0.3 is 20.4 Å². The number of hydrogen-bond donors (Lipinski definition) is 2. The Morgan fingerprint density at radius 2 is 2.07 bits per heavy atom. The summed E-state index contributed by atoms with van der Waals surface area (Å²) in [5.74, 6) is 1.20. The molecule has 0 saturated carbocycles. The number of fused-ring (bicyclic) bond motifs is 3. The Morgan fingerprint density at radius 1 is 1.33 bits per heavy atom. The smallest absolute Gasteiger partial charge is 0.254 e. The highest BCUT2D eigenvalue weighted by Gasteiger charge is 2.48. The van der Waals surface area contributed by atoms with E-state index >= 15 is 0 Å². The first kappa shape index (κ1) is 18.4. The molecule has 0 spiro atoms. The van der Waals surface area contributed by atoms with Crippen LogP contribution in [-0.2, 0) is 6.54 Å². The van der Waals surface area contributed by atoms with Crippen LogP contribution in [0.2, 0.25) is 0 Å². The van der Waals surface area contributed by atoms with Gasteiger partial charge in [0.05, 0.1) is 5.52 Å². The fraction of sp³-hybridized carbons (Fsp3) is 0.591. The molecule has 2 aromatic rings. The maximum Gasteiger partial charge on any atom is 0.254 e. The number of nitrogens with two attached hydrogens (primary N) is 1. The second-order valence-electron chi connectivity index (χ2n) is 8.32. The van der Waals surface area contributed by atoms with Gasteiger partial charge in [-0.2, -0.15) is 0 Å². The van der Waals surface area contributed by atoms with Crippen LogP contribution in [0.3, 0.4) is 0 Å². The first-order valence-electron chi connectivity index (χ1n) is 10.4. The Kier molecular flexibility index (Phi) is 4.89. The Labute approximate surface area is 161 Å². The van der Waals surface area contributed by atoms with Crippen molar-refractivity contribution in [1.82, 2.24) is 9.88 Å². The summed E-state index contributed by atoms with van der Waals surface area (Å²) in [6, 6.07) is 8.02. The summed E-state index contributed by atoms with van der Waals surface area (Å²) in [7, 11) is 0. The lowest BCUT2D eigenvalue weighted by Gasteiger charge is -2.48. The molecule has 1 saturated heterocycles. The van der Waals surface area contributed by atoms with Crippen molar-refractivity contribution < 1.29 is 9.53 Å². The lowest BCUT2D eigenvalue weighted by Crippen LogP contribution is -2.54. The maximum absolute atomic E-state index is 12.3. The molecule has 1 fully saturated rings. The van der Waals surface area contributed by atoms with Crippen LogP contribution in [0.1, 0.15) is 56.3 Å². The van der Waals surface area contributed by atoms with Crippen LogP contribution in [0.25, 0.3) is 10.9 Å². The van der Waals surface area contributed by atoms with Gasteiger partial charge in [-0.3, -0.25) is 4.79 Å². The van der Waals surface area contributed by atoms with Crippen molar-refractivity contribution in [3.8, 4) is 5.88 Å². The molecule has 0 radical (unpaired) electrons. The van der Waals surface area contributed by atoms with Crippen molar-refractivity contribution in [2.75, 3.05) is 13.1 Å². The minimum atomic E-state index is -0.403. The van der Waals surface area contributed by atoms with Crippen LogP contribution < -0.4 is 15.8 Å². The number of primary amides is 1. The average Bonchev–Trinajstić information content (AvgIpc) is 3.00. The van der Waals surface area contributed by atoms with Crippen LogP contribution in [0.15, 0.2) is 24.3 Å². The normalized spacial score (nSPS) is 25.9. The van der Waals surface area contributed by atoms with E-state index in [1.165, 1.54) is 12.8 Å². The fourth-order valence-corrected chi connectivity index (χ4v) is 5.14. The molecule has 2 unspecified atom stereocenters. The van der Waals surface area contributed by atoms with Crippen LogP contribution in [0, 0.1) is 11.8 Å². The molecular weight excluding hydrogens is 338 g/mol. The van der Waals surface area contributed by atoms with E-state index in [0.717, 1.165) is 49.8 Å². The van der Waals surface area contributed by atoms with E-state index in [1.807, 2.05) is 18.2 Å². The SMILES string of the molecule is CCCCC1Cn2c(c(C(N)=O)c3ccccc32)OC1(C)C1CCNCC1. The number of para-hydroxylation sites is 1. The highest BCUT2D eigenvalue weighted by Crippen LogP contribution is 2.47. The van der Waals surface area contributed by atoms with Gasteiger partial charge in [0, 0.05) is 23.8 Å². The number of hydrogen-bond acceptors (Lipinski definition) is 3. The molecule has 3 heterocycles. The zero-order valence-corrected chi connectivity index (χ0v) is 16.5. The summed E-state index contributed by atoms with van der Waals surface area (Å²) < 4.78 is 8.97. The van der Waals surface area contributed by atoms with E-state index in [9.17, 15) is 4.79 Å². The molecule has 1 amide bonds. The molecule has 2 atom stereocenters. The van der Waals surface area contributed by atoms with Crippen LogP contribution in [-0.4, -0.2) is 29.2 Å². The summed E-state index contributed by atoms with van der Waals surface area (Å²) in [5.41, 5.74) is 7.12. The summed E-state index contributed by atoms with van der Waals surface area (Å²) in [6.07, 6.45) is 5.77. The second-order valence-corrected chi connectivity index (χ2v) is 8.32. The van der Waals surface area contributed by atoms with Gasteiger partial charge in [-0.05, 0) is 45.3 Å².